The van der Waals surface area contributed by atoms with E-state index >= 15 is 0 Å². The third-order valence-corrected chi connectivity index (χ3v) is 2.92. The first-order valence-electron chi connectivity index (χ1n) is 5.35. The van der Waals surface area contributed by atoms with Crippen molar-refractivity contribution in [2.24, 2.45) is 0 Å². The van der Waals surface area contributed by atoms with Gasteiger partial charge in [0.15, 0.2) is 0 Å². The summed E-state index contributed by atoms with van der Waals surface area (Å²) in [5.41, 5.74) is 1.93. The van der Waals surface area contributed by atoms with Crippen molar-refractivity contribution in [3.05, 3.63) is 34.7 Å². The van der Waals surface area contributed by atoms with E-state index in [9.17, 15) is 0 Å². The molecule has 0 bridgehead atoms. The van der Waals surface area contributed by atoms with E-state index in [1.165, 1.54) is 0 Å². The summed E-state index contributed by atoms with van der Waals surface area (Å²) < 4.78 is 5.57. The second-order valence-corrected chi connectivity index (χ2v) is 4.57. The molecule has 5 heteroatoms. The van der Waals surface area contributed by atoms with Crippen LogP contribution in [0.3, 0.4) is 0 Å². The van der Waals surface area contributed by atoms with Crippen LogP contribution < -0.4 is 0 Å². The second-order valence-electron chi connectivity index (χ2n) is 3.75. The van der Waals surface area contributed by atoms with Crippen molar-refractivity contribution in [2.45, 2.75) is 19.8 Å². The number of hydrogen-bond acceptors (Lipinski definition) is 3. The van der Waals surface area contributed by atoms with Gasteiger partial charge in [-0.15, -0.1) is 21.8 Å². The number of rotatable bonds is 4. The van der Waals surface area contributed by atoms with E-state index in [-0.39, 0.29) is 0 Å². The molecular formula is C12H12Cl2N2O. The van der Waals surface area contributed by atoms with Gasteiger partial charge < -0.3 is 4.42 Å². The predicted molar refractivity (Wildman–Crippen MR) is 68.5 cm³/mol. The Kier molecular flexibility index (Phi) is 4.02. The summed E-state index contributed by atoms with van der Waals surface area (Å²) in [6.45, 7) is 1.98. The summed E-state index contributed by atoms with van der Waals surface area (Å²) in [5, 5.41) is 8.66. The molecule has 17 heavy (non-hydrogen) atoms. The highest BCUT2D eigenvalue weighted by Gasteiger charge is 2.11. The molecule has 0 aliphatic heterocycles. The lowest BCUT2D eigenvalue weighted by Crippen LogP contribution is -1.85. The highest BCUT2D eigenvalue weighted by atomic mass is 35.5. The summed E-state index contributed by atoms with van der Waals surface area (Å²) in [5.74, 6) is 1.71. The van der Waals surface area contributed by atoms with E-state index in [1.54, 1.807) is 0 Å². The zero-order chi connectivity index (χ0) is 12.3. The van der Waals surface area contributed by atoms with Crippen LogP contribution in [0, 0.1) is 6.92 Å². The van der Waals surface area contributed by atoms with Crippen molar-refractivity contribution >= 4 is 23.2 Å². The molecule has 0 amide bonds. The third kappa shape index (κ3) is 2.99. The minimum atomic E-state index is 0.509. The fraction of sp³-hybridized carbons (Fsp3) is 0.333. The Morgan fingerprint density at radius 3 is 2.88 bits per heavy atom. The lowest BCUT2D eigenvalue weighted by molar-refractivity contribution is 0.502. The maximum absolute atomic E-state index is 5.95. The molecule has 3 nitrogen and oxygen atoms in total. The first-order valence-corrected chi connectivity index (χ1v) is 6.27. The van der Waals surface area contributed by atoms with Crippen LogP contribution in [0.15, 0.2) is 22.6 Å². The minimum absolute atomic E-state index is 0.509. The van der Waals surface area contributed by atoms with Crippen LogP contribution in [0.5, 0.6) is 0 Å². The molecule has 0 radical (unpaired) electrons. The molecule has 0 saturated heterocycles. The van der Waals surface area contributed by atoms with Gasteiger partial charge in [-0.3, -0.25) is 0 Å². The highest BCUT2D eigenvalue weighted by molar-refractivity contribution is 6.30. The normalized spacial score (nSPS) is 10.8. The Balaban J connectivity index is 2.27. The van der Waals surface area contributed by atoms with Crippen molar-refractivity contribution in [3.63, 3.8) is 0 Å². The molecule has 0 fully saturated rings. The number of nitrogens with zero attached hydrogens (tertiary/aromatic N) is 2. The molecule has 1 aromatic carbocycles. The van der Waals surface area contributed by atoms with E-state index < -0.39 is 0 Å². The van der Waals surface area contributed by atoms with Crippen LogP contribution in [-0.4, -0.2) is 16.1 Å². The topological polar surface area (TPSA) is 38.9 Å². The Bertz CT molecular complexity index is 511. The molecule has 0 N–H and O–H groups in total. The zero-order valence-electron chi connectivity index (χ0n) is 9.41. The smallest absolute Gasteiger partial charge is 0.248 e. The SMILES string of the molecule is Cc1ccc(Cl)cc1-c1nnc(CCCCl)o1. The summed E-state index contributed by atoms with van der Waals surface area (Å²) in [6.07, 6.45) is 1.54. The summed E-state index contributed by atoms with van der Waals surface area (Å²) in [7, 11) is 0. The van der Waals surface area contributed by atoms with Crippen LogP contribution in [0.1, 0.15) is 17.9 Å². The number of alkyl halides is 1. The van der Waals surface area contributed by atoms with E-state index in [4.69, 9.17) is 27.6 Å². The van der Waals surface area contributed by atoms with E-state index in [1.807, 2.05) is 25.1 Å². The van der Waals surface area contributed by atoms with Gasteiger partial charge in [0, 0.05) is 22.9 Å². The van der Waals surface area contributed by atoms with Crippen LogP contribution in [0.25, 0.3) is 11.5 Å². The fourth-order valence-corrected chi connectivity index (χ4v) is 1.81. The van der Waals surface area contributed by atoms with Gasteiger partial charge in [0.1, 0.15) is 0 Å². The molecule has 0 spiro atoms. The van der Waals surface area contributed by atoms with Crippen LogP contribution in [0.2, 0.25) is 5.02 Å². The first kappa shape index (κ1) is 12.4. The van der Waals surface area contributed by atoms with Crippen molar-refractivity contribution < 1.29 is 4.42 Å². The maximum atomic E-state index is 5.95. The van der Waals surface area contributed by atoms with E-state index in [0.29, 0.717) is 29.1 Å². The van der Waals surface area contributed by atoms with Gasteiger partial charge in [0.25, 0.3) is 0 Å². The summed E-state index contributed by atoms with van der Waals surface area (Å²) >= 11 is 11.6. The van der Waals surface area contributed by atoms with Gasteiger partial charge in [-0.1, -0.05) is 17.7 Å². The first-order chi connectivity index (χ1) is 8.20. The second kappa shape index (κ2) is 5.52. The lowest BCUT2D eigenvalue weighted by Gasteiger charge is -2.00. The molecule has 0 unspecified atom stereocenters. The number of aromatic nitrogens is 2. The molecular weight excluding hydrogens is 259 g/mol. The zero-order valence-corrected chi connectivity index (χ0v) is 10.9. The largest absolute Gasteiger partial charge is 0.421 e. The molecule has 1 heterocycles. The maximum Gasteiger partial charge on any atom is 0.248 e. The van der Waals surface area contributed by atoms with Crippen LogP contribution in [-0.2, 0) is 6.42 Å². The average molecular weight is 271 g/mol. The summed E-state index contributed by atoms with van der Waals surface area (Å²) in [6, 6.07) is 5.60. The molecule has 2 rings (SSSR count). The van der Waals surface area contributed by atoms with Gasteiger partial charge in [-0.25, -0.2) is 0 Å². The molecule has 0 aliphatic rings. The Morgan fingerprint density at radius 1 is 1.29 bits per heavy atom. The third-order valence-electron chi connectivity index (χ3n) is 2.42. The molecule has 1 aromatic heterocycles. The van der Waals surface area contributed by atoms with Gasteiger partial charge in [-0.05, 0) is 31.0 Å². The van der Waals surface area contributed by atoms with Crippen molar-refractivity contribution in [1.29, 1.82) is 0 Å². The molecule has 0 saturated carbocycles. The lowest BCUT2D eigenvalue weighted by atomic mass is 10.1. The monoisotopic (exact) mass is 270 g/mol. The fourth-order valence-electron chi connectivity index (χ4n) is 1.51. The quantitative estimate of drug-likeness (QED) is 0.792. The number of aryl methyl sites for hydroxylation is 2. The Labute approximate surface area is 110 Å². The van der Waals surface area contributed by atoms with Crippen LogP contribution >= 0.6 is 23.2 Å². The number of halogens is 2. The van der Waals surface area contributed by atoms with E-state index in [2.05, 4.69) is 10.2 Å². The minimum Gasteiger partial charge on any atom is -0.421 e. The average Bonchev–Trinajstić information content (AvgIpc) is 2.78. The Hall–Kier alpha value is -1.06. The Morgan fingerprint density at radius 2 is 2.12 bits per heavy atom. The van der Waals surface area contributed by atoms with Gasteiger partial charge in [-0.2, -0.15) is 0 Å². The van der Waals surface area contributed by atoms with Crippen LogP contribution in [0.4, 0.5) is 0 Å². The van der Waals surface area contributed by atoms with Crippen molar-refractivity contribution in [2.75, 3.05) is 5.88 Å². The number of hydrogen-bond donors (Lipinski definition) is 0. The molecule has 90 valence electrons. The van der Waals surface area contributed by atoms with Gasteiger partial charge >= 0.3 is 0 Å². The van der Waals surface area contributed by atoms with Gasteiger partial charge in [0.05, 0.1) is 0 Å². The van der Waals surface area contributed by atoms with Crippen molar-refractivity contribution in [1.82, 2.24) is 10.2 Å². The molecule has 0 aliphatic carbocycles. The molecule has 2 aromatic rings. The van der Waals surface area contributed by atoms with Crippen molar-refractivity contribution in [3.8, 4) is 11.5 Å². The van der Waals surface area contributed by atoms with E-state index in [0.717, 1.165) is 17.5 Å². The van der Waals surface area contributed by atoms with Gasteiger partial charge in [0.2, 0.25) is 11.8 Å². The summed E-state index contributed by atoms with van der Waals surface area (Å²) in [4.78, 5) is 0. The standard InChI is InChI=1S/C12H12Cl2N2O/c1-8-4-5-9(14)7-10(8)12-16-15-11(17-12)3-2-6-13/h4-5,7H,2-3,6H2,1H3. The number of benzene rings is 1. The predicted octanol–water partition coefficient (Wildman–Crippen LogP) is 3.87. The highest BCUT2D eigenvalue weighted by Crippen LogP contribution is 2.25. The molecule has 0 atom stereocenters.